The van der Waals surface area contributed by atoms with E-state index in [9.17, 15) is 4.79 Å². The summed E-state index contributed by atoms with van der Waals surface area (Å²) in [6, 6.07) is -0.118. The minimum absolute atomic E-state index is 0.0741. The van der Waals surface area contributed by atoms with Crippen molar-refractivity contribution in [1.29, 1.82) is 0 Å². The lowest BCUT2D eigenvalue weighted by molar-refractivity contribution is -0.127. The average molecular weight is 172 g/mol. The third-order valence-corrected chi connectivity index (χ3v) is 2.24. The van der Waals surface area contributed by atoms with Gasteiger partial charge in [-0.3, -0.25) is 9.69 Å². The molecule has 0 aliphatic carbocycles. The highest BCUT2D eigenvalue weighted by molar-refractivity contribution is 7.80. The van der Waals surface area contributed by atoms with Crippen LogP contribution >= 0.6 is 12.2 Å². The second kappa shape index (κ2) is 2.77. The lowest BCUT2D eigenvalue weighted by Gasteiger charge is -2.11. The Kier molecular flexibility index (Phi) is 2.13. The van der Waals surface area contributed by atoms with Crippen molar-refractivity contribution in [3.05, 3.63) is 0 Å². The fourth-order valence-corrected chi connectivity index (χ4v) is 1.27. The van der Waals surface area contributed by atoms with Gasteiger partial charge in [0, 0.05) is 7.05 Å². The van der Waals surface area contributed by atoms with Crippen molar-refractivity contribution < 1.29 is 4.79 Å². The summed E-state index contributed by atoms with van der Waals surface area (Å²) >= 11 is 4.91. The van der Waals surface area contributed by atoms with Gasteiger partial charge in [-0.25, -0.2) is 0 Å². The molecule has 0 aromatic heterocycles. The minimum Gasteiger partial charge on any atom is -0.350 e. The van der Waals surface area contributed by atoms with Gasteiger partial charge in [0.1, 0.15) is 6.04 Å². The van der Waals surface area contributed by atoms with Crippen molar-refractivity contribution in [1.82, 2.24) is 10.2 Å². The van der Waals surface area contributed by atoms with E-state index in [0.717, 1.165) is 0 Å². The summed E-state index contributed by atoms with van der Waals surface area (Å²) < 4.78 is 0. The molecule has 62 valence electrons. The van der Waals surface area contributed by atoms with Gasteiger partial charge in [-0.2, -0.15) is 0 Å². The van der Waals surface area contributed by atoms with Crippen molar-refractivity contribution in [2.24, 2.45) is 5.92 Å². The Morgan fingerprint density at radius 1 is 1.64 bits per heavy atom. The zero-order valence-corrected chi connectivity index (χ0v) is 7.73. The van der Waals surface area contributed by atoms with Crippen LogP contribution in [0.15, 0.2) is 0 Å². The van der Waals surface area contributed by atoms with Gasteiger partial charge in [0.2, 0.25) is 0 Å². The summed E-state index contributed by atoms with van der Waals surface area (Å²) in [5.41, 5.74) is 0. The topological polar surface area (TPSA) is 32.3 Å². The van der Waals surface area contributed by atoms with Crippen LogP contribution in [0.1, 0.15) is 13.8 Å². The molecule has 1 fully saturated rings. The molecular formula is C7H12N2OS. The Bertz CT molecular complexity index is 203. The first kappa shape index (κ1) is 8.46. The van der Waals surface area contributed by atoms with E-state index in [2.05, 4.69) is 5.32 Å². The van der Waals surface area contributed by atoms with Crippen molar-refractivity contribution in [3.8, 4) is 0 Å². The summed E-state index contributed by atoms with van der Waals surface area (Å²) in [6.07, 6.45) is 0. The summed E-state index contributed by atoms with van der Waals surface area (Å²) in [5, 5.41) is 3.50. The van der Waals surface area contributed by atoms with Gasteiger partial charge < -0.3 is 5.32 Å². The van der Waals surface area contributed by atoms with Crippen LogP contribution in [-0.4, -0.2) is 29.0 Å². The summed E-state index contributed by atoms with van der Waals surface area (Å²) in [4.78, 5) is 12.8. The smallest absolute Gasteiger partial charge is 0.251 e. The van der Waals surface area contributed by atoms with E-state index in [4.69, 9.17) is 12.2 Å². The number of carbonyl (C=O) groups excluding carboxylic acids is 1. The van der Waals surface area contributed by atoms with E-state index in [1.165, 1.54) is 4.90 Å². The highest BCUT2D eigenvalue weighted by atomic mass is 32.1. The molecule has 1 atom stereocenters. The fourth-order valence-electron chi connectivity index (χ4n) is 1.05. The van der Waals surface area contributed by atoms with Crippen molar-refractivity contribution >= 4 is 23.2 Å². The van der Waals surface area contributed by atoms with E-state index < -0.39 is 0 Å². The van der Waals surface area contributed by atoms with Crippen molar-refractivity contribution in [2.45, 2.75) is 19.9 Å². The third-order valence-electron chi connectivity index (χ3n) is 1.85. The SMILES string of the molecule is CC(C)[C@H]1NC(=S)N(C)C1=O. The van der Waals surface area contributed by atoms with Crippen molar-refractivity contribution in [2.75, 3.05) is 7.05 Å². The van der Waals surface area contributed by atoms with Crippen LogP contribution in [0.3, 0.4) is 0 Å². The molecule has 0 spiro atoms. The maximum atomic E-state index is 11.3. The minimum atomic E-state index is -0.118. The van der Waals surface area contributed by atoms with Gasteiger partial charge >= 0.3 is 0 Å². The number of nitrogens with zero attached hydrogens (tertiary/aromatic N) is 1. The maximum Gasteiger partial charge on any atom is 0.251 e. The normalized spacial score (nSPS) is 24.7. The average Bonchev–Trinajstić information content (AvgIpc) is 2.17. The number of hydrogen-bond donors (Lipinski definition) is 1. The van der Waals surface area contributed by atoms with Crippen LogP contribution in [0, 0.1) is 5.92 Å². The molecule has 0 saturated carbocycles. The molecule has 0 radical (unpaired) electrons. The Hall–Kier alpha value is -0.640. The van der Waals surface area contributed by atoms with Gasteiger partial charge in [0.15, 0.2) is 5.11 Å². The number of likely N-dealkylation sites (N-methyl/N-ethyl adjacent to an activating group) is 1. The van der Waals surface area contributed by atoms with Gasteiger partial charge in [-0.05, 0) is 18.1 Å². The lowest BCUT2D eigenvalue weighted by Crippen LogP contribution is -2.33. The molecule has 1 rings (SSSR count). The van der Waals surface area contributed by atoms with Crippen LogP contribution < -0.4 is 5.32 Å². The predicted octanol–water partition coefficient (Wildman–Crippen LogP) is 0.357. The third kappa shape index (κ3) is 1.35. The second-order valence-corrected chi connectivity index (χ2v) is 3.46. The number of rotatable bonds is 1. The molecule has 0 unspecified atom stereocenters. The van der Waals surface area contributed by atoms with E-state index in [1.807, 2.05) is 13.8 Å². The number of amides is 1. The quantitative estimate of drug-likeness (QED) is 0.580. The monoisotopic (exact) mass is 172 g/mol. The van der Waals surface area contributed by atoms with Crippen LogP contribution in [0.5, 0.6) is 0 Å². The van der Waals surface area contributed by atoms with Gasteiger partial charge in [-0.1, -0.05) is 13.8 Å². The number of hydrogen-bond acceptors (Lipinski definition) is 2. The number of nitrogens with one attached hydrogen (secondary N) is 1. The maximum absolute atomic E-state index is 11.3. The molecule has 4 heteroatoms. The molecule has 1 heterocycles. The summed E-state index contributed by atoms with van der Waals surface area (Å²) in [7, 11) is 1.69. The van der Waals surface area contributed by atoms with Crippen LogP contribution in [0.4, 0.5) is 0 Å². The first-order valence-corrected chi connectivity index (χ1v) is 4.03. The Morgan fingerprint density at radius 3 is 2.36 bits per heavy atom. The standard InChI is InChI=1S/C7H12N2OS/c1-4(2)5-6(10)9(3)7(11)8-5/h4-5H,1-3H3,(H,8,11)/t5-/m1/s1. The molecule has 11 heavy (non-hydrogen) atoms. The first-order valence-electron chi connectivity index (χ1n) is 3.62. The lowest BCUT2D eigenvalue weighted by atomic mass is 10.1. The molecule has 1 aliphatic heterocycles. The van der Waals surface area contributed by atoms with Crippen LogP contribution in [0.2, 0.25) is 0 Å². The second-order valence-electron chi connectivity index (χ2n) is 3.07. The zero-order chi connectivity index (χ0) is 8.59. The van der Waals surface area contributed by atoms with Gasteiger partial charge in [0.25, 0.3) is 5.91 Å². The summed E-state index contributed by atoms with van der Waals surface area (Å²) in [5.74, 6) is 0.371. The Labute approximate surface area is 71.8 Å². The Morgan fingerprint density at radius 2 is 2.18 bits per heavy atom. The van der Waals surface area contributed by atoms with Crippen LogP contribution in [0.25, 0.3) is 0 Å². The highest BCUT2D eigenvalue weighted by Crippen LogP contribution is 2.11. The fraction of sp³-hybridized carbons (Fsp3) is 0.714. The largest absolute Gasteiger partial charge is 0.350 e. The van der Waals surface area contributed by atoms with Crippen LogP contribution in [-0.2, 0) is 4.79 Å². The molecule has 0 aromatic rings. The molecule has 0 bridgehead atoms. The molecule has 1 saturated heterocycles. The first-order chi connectivity index (χ1) is 5.04. The number of carbonyl (C=O) groups is 1. The number of thiocarbonyl (C=S) groups is 1. The zero-order valence-electron chi connectivity index (χ0n) is 6.92. The molecular weight excluding hydrogens is 160 g/mol. The molecule has 1 amide bonds. The van der Waals surface area contributed by atoms with E-state index >= 15 is 0 Å². The Balaban J connectivity index is 2.75. The highest BCUT2D eigenvalue weighted by Gasteiger charge is 2.34. The van der Waals surface area contributed by atoms with Gasteiger partial charge in [-0.15, -0.1) is 0 Å². The van der Waals surface area contributed by atoms with E-state index in [-0.39, 0.29) is 11.9 Å². The summed E-state index contributed by atoms with van der Waals surface area (Å²) in [6.45, 7) is 3.99. The molecule has 0 aromatic carbocycles. The molecule has 1 aliphatic rings. The molecule has 3 nitrogen and oxygen atoms in total. The predicted molar refractivity (Wildman–Crippen MR) is 47.1 cm³/mol. The molecule has 1 N–H and O–H groups in total. The van der Waals surface area contributed by atoms with E-state index in [1.54, 1.807) is 7.05 Å². The van der Waals surface area contributed by atoms with E-state index in [0.29, 0.717) is 11.0 Å². The van der Waals surface area contributed by atoms with Crippen molar-refractivity contribution in [3.63, 3.8) is 0 Å². The van der Waals surface area contributed by atoms with Gasteiger partial charge in [0.05, 0.1) is 0 Å².